The molecular weight excluding hydrogens is 320 g/mol. The molecule has 2 aliphatic rings. The summed E-state index contributed by atoms with van der Waals surface area (Å²) in [4.78, 5) is 14.2. The predicted molar refractivity (Wildman–Crippen MR) is 94.1 cm³/mol. The van der Waals surface area contributed by atoms with E-state index in [0.29, 0.717) is 32.7 Å². The Kier molecular flexibility index (Phi) is 5.61. The fourth-order valence-electron chi connectivity index (χ4n) is 4.03. The third-order valence-corrected chi connectivity index (χ3v) is 5.83. The van der Waals surface area contributed by atoms with Crippen LogP contribution in [-0.4, -0.2) is 59.7 Å². The third-order valence-electron chi connectivity index (χ3n) is 5.83. The number of aliphatic hydroxyl groups excluding tert-OH is 2. The topological polar surface area (TPSA) is 82.0 Å². The Labute approximate surface area is 148 Å². The molecule has 0 unspecified atom stereocenters. The number of rotatable bonds is 5. The summed E-state index contributed by atoms with van der Waals surface area (Å²) in [5, 5.41) is 22.2. The second-order valence-electron chi connectivity index (χ2n) is 7.14. The average Bonchev–Trinajstić information content (AvgIpc) is 2.64. The SMILES string of the molecule is Cc1ccccc1CNC(=O)N1CCC2(CC1)[C@H](O)C[C@@H]2OCCO. The van der Waals surface area contributed by atoms with E-state index in [9.17, 15) is 9.90 Å². The first-order valence-electron chi connectivity index (χ1n) is 9.04. The smallest absolute Gasteiger partial charge is 0.317 e. The summed E-state index contributed by atoms with van der Waals surface area (Å²) in [7, 11) is 0. The van der Waals surface area contributed by atoms with Crippen molar-refractivity contribution in [1.82, 2.24) is 10.2 Å². The van der Waals surface area contributed by atoms with Gasteiger partial charge in [-0.1, -0.05) is 24.3 Å². The second-order valence-corrected chi connectivity index (χ2v) is 7.14. The number of aliphatic hydroxyl groups is 2. The van der Waals surface area contributed by atoms with Crippen molar-refractivity contribution in [3.63, 3.8) is 0 Å². The Balaban J connectivity index is 1.50. The van der Waals surface area contributed by atoms with Gasteiger partial charge in [-0.25, -0.2) is 4.79 Å². The lowest BCUT2D eigenvalue weighted by Gasteiger charge is -2.56. The number of benzene rings is 1. The lowest BCUT2D eigenvalue weighted by Crippen LogP contribution is -2.63. The molecular formula is C19H28N2O4. The zero-order valence-corrected chi connectivity index (χ0v) is 14.8. The van der Waals surface area contributed by atoms with Crippen molar-refractivity contribution in [2.75, 3.05) is 26.3 Å². The molecule has 1 aliphatic carbocycles. The fraction of sp³-hybridized carbons (Fsp3) is 0.632. The van der Waals surface area contributed by atoms with Crippen molar-refractivity contribution >= 4 is 6.03 Å². The minimum atomic E-state index is -0.367. The summed E-state index contributed by atoms with van der Waals surface area (Å²) in [6.45, 7) is 4.11. The number of piperidine rings is 1. The third kappa shape index (κ3) is 3.66. The molecule has 1 saturated carbocycles. The summed E-state index contributed by atoms with van der Waals surface area (Å²) in [6, 6.07) is 7.97. The van der Waals surface area contributed by atoms with Crippen LogP contribution in [0.25, 0.3) is 0 Å². The summed E-state index contributed by atoms with van der Waals surface area (Å²) in [5.74, 6) is 0. The molecule has 1 aromatic carbocycles. The maximum absolute atomic E-state index is 12.4. The fourth-order valence-corrected chi connectivity index (χ4v) is 4.03. The van der Waals surface area contributed by atoms with E-state index < -0.39 is 0 Å². The minimum Gasteiger partial charge on any atom is -0.394 e. The maximum Gasteiger partial charge on any atom is 0.317 e. The van der Waals surface area contributed by atoms with Crippen LogP contribution in [0.3, 0.4) is 0 Å². The Bertz CT molecular complexity index is 599. The zero-order chi connectivity index (χ0) is 17.9. The molecule has 2 amide bonds. The van der Waals surface area contributed by atoms with E-state index in [-0.39, 0.29) is 30.3 Å². The Morgan fingerprint density at radius 2 is 2.08 bits per heavy atom. The van der Waals surface area contributed by atoms with Crippen LogP contribution in [0.5, 0.6) is 0 Å². The van der Waals surface area contributed by atoms with E-state index in [2.05, 4.69) is 5.32 Å². The van der Waals surface area contributed by atoms with Gasteiger partial charge in [0.05, 0.1) is 25.4 Å². The number of hydrogen-bond acceptors (Lipinski definition) is 4. The first-order valence-corrected chi connectivity index (χ1v) is 9.04. The number of nitrogens with one attached hydrogen (secondary N) is 1. The number of ether oxygens (including phenoxy) is 1. The van der Waals surface area contributed by atoms with Crippen LogP contribution >= 0.6 is 0 Å². The van der Waals surface area contributed by atoms with Crippen molar-refractivity contribution in [2.45, 2.75) is 44.9 Å². The van der Waals surface area contributed by atoms with E-state index >= 15 is 0 Å². The highest BCUT2D eigenvalue weighted by molar-refractivity contribution is 5.74. The quantitative estimate of drug-likeness (QED) is 0.752. The molecule has 2 atom stereocenters. The van der Waals surface area contributed by atoms with E-state index in [0.717, 1.165) is 18.4 Å². The standard InChI is InChI=1S/C19H28N2O4/c1-14-4-2-3-5-15(14)13-20-18(24)21-8-6-19(7-9-21)16(23)12-17(19)25-11-10-22/h2-5,16-17,22-23H,6-13H2,1H3,(H,20,24)/t16-,17+/m1/s1. The van der Waals surface area contributed by atoms with Gasteiger partial charge >= 0.3 is 6.03 Å². The van der Waals surface area contributed by atoms with Gasteiger partial charge in [-0.3, -0.25) is 0 Å². The van der Waals surface area contributed by atoms with Gasteiger partial charge in [-0.05, 0) is 30.9 Å². The molecule has 0 bridgehead atoms. The van der Waals surface area contributed by atoms with Crippen molar-refractivity contribution in [3.05, 3.63) is 35.4 Å². The number of nitrogens with zero attached hydrogens (tertiary/aromatic N) is 1. The Hall–Kier alpha value is -1.63. The molecule has 3 N–H and O–H groups in total. The lowest BCUT2D eigenvalue weighted by atomic mass is 9.58. The normalized spacial score (nSPS) is 24.8. The minimum absolute atomic E-state index is 0.00386. The van der Waals surface area contributed by atoms with Crippen molar-refractivity contribution < 1.29 is 19.7 Å². The first kappa shape index (κ1) is 18.2. The summed E-state index contributed by atoms with van der Waals surface area (Å²) >= 11 is 0. The molecule has 1 aliphatic heterocycles. The van der Waals surface area contributed by atoms with Crippen LogP contribution in [0, 0.1) is 12.3 Å². The van der Waals surface area contributed by atoms with Crippen LogP contribution in [0.15, 0.2) is 24.3 Å². The van der Waals surface area contributed by atoms with Crippen LogP contribution in [0.2, 0.25) is 0 Å². The van der Waals surface area contributed by atoms with Crippen LogP contribution in [0.1, 0.15) is 30.4 Å². The molecule has 1 spiro atoms. The second kappa shape index (κ2) is 7.72. The van der Waals surface area contributed by atoms with Crippen molar-refractivity contribution in [1.29, 1.82) is 0 Å². The highest BCUT2D eigenvalue weighted by atomic mass is 16.5. The number of hydrogen-bond donors (Lipinski definition) is 3. The molecule has 1 saturated heterocycles. The average molecular weight is 348 g/mol. The highest BCUT2D eigenvalue weighted by Crippen LogP contribution is 2.50. The molecule has 2 fully saturated rings. The number of carbonyl (C=O) groups is 1. The van der Waals surface area contributed by atoms with Crippen LogP contribution in [0.4, 0.5) is 4.79 Å². The monoisotopic (exact) mass is 348 g/mol. The Morgan fingerprint density at radius 3 is 2.72 bits per heavy atom. The van der Waals surface area contributed by atoms with E-state index in [4.69, 9.17) is 9.84 Å². The molecule has 1 aromatic rings. The highest BCUT2D eigenvalue weighted by Gasteiger charge is 2.56. The summed E-state index contributed by atoms with van der Waals surface area (Å²) < 4.78 is 5.68. The maximum atomic E-state index is 12.4. The molecule has 0 radical (unpaired) electrons. The van der Waals surface area contributed by atoms with Gasteiger partial charge in [0.2, 0.25) is 0 Å². The molecule has 6 heteroatoms. The van der Waals surface area contributed by atoms with E-state index in [1.807, 2.05) is 36.1 Å². The van der Waals surface area contributed by atoms with Gasteiger partial charge in [0.15, 0.2) is 0 Å². The van der Waals surface area contributed by atoms with Gasteiger partial charge in [0.1, 0.15) is 0 Å². The van der Waals surface area contributed by atoms with Crippen molar-refractivity contribution in [2.24, 2.45) is 5.41 Å². The number of urea groups is 1. The van der Waals surface area contributed by atoms with Gasteiger partial charge in [0.25, 0.3) is 0 Å². The van der Waals surface area contributed by atoms with E-state index in [1.165, 1.54) is 5.56 Å². The van der Waals surface area contributed by atoms with Crippen molar-refractivity contribution in [3.8, 4) is 0 Å². The molecule has 3 rings (SSSR count). The number of carbonyl (C=O) groups excluding carboxylic acids is 1. The molecule has 0 aromatic heterocycles. The zero-order valence-electron chi connectivity index (χ0n) is 14.8. The predicted octanol–water partition coefficient (Wildman–Crippen LogP) is 1.43. The van der Waals surface area contributed by atoms with E-state index in [1.54, 1.807) is 0 Å². The van der Waals surface area contributed by atoms with Gasteiger partial charge in [0, 0.05) is 31.5 Å². The largest absolute Gasteiger partial charge is 0.394 e. The summed E-state index contributed by atoms with van der Waals surface area (Å²) in [6.07, 6.45) is 1.73. The van der Waals surface area contributed by atoms with Crippen LogP contribution in [-0.2, 0) is 11.3 Å². The molecule has 6 nitrogen and oxygen atoms in total. The van der Waals surface area contributed by atoms with Gasteiger partial charge in [-0.15, -0.1) is 0 Å². The number of aryl methyl sites for hydroxylation is 1. The number of likely N-dealkylation sites (tertiary alicyclic amines) is 1. The van der Waals surface area contributed by atoms with Crippen LogP contribution < -0.4 is 5.32 Å². The molecule has 25 heavy (non-hydrogen) atoms. The Morgan fingerprint density at radius 1 is 1.36 bits per heavy atom. The van der Waals surface area contributed by atoms with Gasteiger partial charge in [-0.2, -0.15) is 0 Å². The number of amides is 2. The lowest BCUT2D eigenvalue weighted by molar-refractivity contribution is -0.211. The molecule has 1 heterocycles. The molecule has 138 valence electrons. The summed E-state index contributed by atoms with van der Waals surface area (Å²) in [5.41, 5.74) is 2.04. The first-order chi connectivity index (χ1) is 12.1. The van der Waals surface area contributed by atoms with Gasteiger partial charge < -0.3 is 25.2 Å².